The third kappa shape index (κ3) is 12.8. The average molecular weight is 557 g/mol. The van der Waals surface area contributed by atoms with Crippen LogP contribution in [0, 0.1) is 5.92 Å². The Balaban J connectivity index is 0.000000775. The van der Waals surface area contributed by atoms with E-state index in [1.54, 1.807) is 19.2 Å². The predicted octanol–water partition coefficient (Wildman–Crippen LogP) is 8.39. The first-order valence-corrected chi connectivity index (χ1v) is 13.6. The molecule has 0 saturated heterocycles. The van der Waals surface area contributed by atoms with Crippen LogP contribution in [0.2, 0.25) is 0 Å². The number of aliphatic carboxylic acids is 1. The standard InChI is InChI=1S/C26H27F2NO2.C4H9NO2.C2H6/c1-19(2)4-3-5-26(23-8-6-20(18-30)7-9-23)31-25-16-12-22(13-17-25)21-10-14-24(15-11-21)29(27)28;1-5-3-2-4(6)7;1-2/h6-19,26H,3-5H2,1-2H3;5H,2-3H2,1H3,(H,6,7);1-2H3. The zero-order chi connectivity index (χ0) is 29.9. The molecule has 0 aliphatic heterocycles. The van der Waals surface area contributed by atoms with Gasteiger partial charge in [0.2, 0.25) is 0 Å². The molecule has 3 aromatic carbocycles. The van der Waals surface area contributed by atoms with Gasteiger partial charge in [-0.15, -0.1) is 0 Å². The van der Waals surface area contributed by atoms with Crippen LogP contribution in [0.3, 0.4) is 0 Å². The summed E-state index contributed by atoms with van der Waals surface area (Å²) < 4.78 is 31.5. The van der Waals surface area contributed by atoms with Crippen molar-refractivity contribution in [2.24, 2.45) is 5.92 Å². The van der Waals surface area contributed by atoms with E-state index in [1.807, 2.05) is 62.4 Å². The molecule has 0 amide bonds. The van der Waals surface area contributed by atoms with Crippen LogP contribution in [0.15, 0.2) is 72.8 Å². The Bertz CT molecular complexity index is 1100. The molecule has 0 radical (unpaired) electrons. The van der Waals surface area contributed by atoms with E-state index in [9.17, 15) is 18.6 Å². The smallest absolute Gasteiger partial charge is 0.304 e. The second kappa shape index (κ2) is 19.3. The van der Waals surface area contributed by atoms with Crippen molar-refractivity contribution in [2.45, 2.75) is 59.5 Å². The molecule has 1 unspecified atom stereocenters. The second-order valence-corrected chi connectivity index (χ2v) is 9.27. The van der Waals surface area contributed by atoms with Crippen molar-refractivity contribution < 1.29 is 28.4 Å². The van der Waals surface area contributed by atoms with Gasteiger partial charge in [0.1, 0.15) is 23.8 Å². The topological polar surface area (TPSA) is 78.9 Å². The van der Waals surface area contributed by atoms with Gasteiger partial charge in [0.25, 0.3) is 0 Å². The number of carboxylic acid groups (broad SMARTS) is 1. The molecule has 0 bridgehead atoms. The number of nitrogens with one attached hydrogen (secondary N) is 1. The van der Waals surface area contributed by atoms with Crippen LogP contribution in [0.5, 0.6) is 5.75 Å². The highest BCUT2D eigenvalue weighted by Crippen LogP contribution is 2.30. The van der Waals surface area contributed by atoms with E-state index in [1.165, 1.54) is 12.1 Å². The van der Waals surface area contributed by atoms with Crippen molar-refractivity contribution in [1.82, 2.24) is 5.32 Å². The number of halogens is 2. The number of nitrogens with zero attached hydrogens (tertiary/aromatic N) is 1. The zero-order valence-corrected chi connectivity index (χ0v) is 24.1. The number of ether oxygens (including phenoxy) is 1. The average Bonchev–Trinajstić information content (AvgIpc) is 2.97. The number of benzene rings is 3. The van der Waals surface area contributed by atoms with Gasteiger partial charge in [0.05, 0.1) is 6.42 Å². The highest BCUT2D eigenvalue weighted by molar-refractivity contribution is 5.74. The molecular weight excluding hydrogens is 514 g/mol. The highest BCUT2D eigenvalue weighted by atomic mass is 19.4. The maximum Gasteiger partial charge on any atom is 0.304 e. The van der Waals surface area contributed by atoms with Crippen molar-refractivity contribution in [3.63, 3.8) is 0 Å². The summed E-state index contributed by atoms with van der Waals surface area (Å²) in [6, 6.07) is 21.2. The van der Waals surface area contributed by atoms with Crippen LogP contribution in [0.1, 0.15) is 75.4 Å². The number of aldehydes is 1. The molecular formula is C32H42F2N2O4. The minimum absolute atomic E-state index is 0.107. The summed E-state index contributed by atoms with van der Waals surface area (Å²) >= 11 is 0. The Hall–Kier alpha value is -3.78. The lowest BCUT2D eigenvalue weighted by Gasteiger charge is -2.20. The summed E-state index contributed by atoms with van der Waals surface area (Å²) in [6.45, 7) is 8.96. The number of carbonyl (C=O) groups excluding carboxylic acids is 1. The van der Waals surface area contributed by atoms with Crippen molar-refractivity contribution in [2.75, 3.05) is 18.9 Å². The fraction of sp³-hybridized carbons (Fsp3) is 0.375. The van der Waals surface area contributed by atoms with Crippen LogP contribution < -0.4 is 15.4 Å². The minimum Gasteiger partial charge on any atom is -0.486 e. The molecule has 8 heteroatoms. The van der Waals surface area contributed by atoms with Gasteiger partial charge in [0, 0.05) is 12.1 Å². The monoisotopic (exact) mass is 556 g/mol. The summed E-state index contributed by atoms with van der Waals surface area (Å²) in [5.74, 6) is 0.619. The molecule has 3 rings (SSSR count). The molecule has 0 spiro atoms. The van der Waals surface area contributed by atoms with Crippen molar-refractivity contribution in [1.29, 1.82) is 0 Å². The van der Waals surface area contributed by atoms with Crippen LogP contribution in [0.4, 0.5) is 14.6 Å². The molecule has 3 aromatic rings. The molecule has 0 aliphatic carbocycles. The SMILES string of the molecule is CC.CC(C)CCCC(Oc1ccc(-c2ccc(N(F)F)cc2)cc1)c1ccc(C=O)cc1.CNCCC(=O)O. The molecule has 0 saturated carbocycles. The lowest BCUT2D eigenvalue weighted by atomic mass is 9.99. The van der Waals surface area contributed by atoms with Crippen LogP contribution >= 0.6 is 0 Å². The largest absolute Gasteiger partial charge is 0.486 e. The van der Waals surface area contributed by atoms with E-state index in [2.05, 4.69) is 19.2 Å². The normalized spacial score (nSPS) is 10.9. The Kier molecular flexibility index (Phi) is 16.5. The molecule has 0 fully saturated rings. The quantitative estimate of drug-likeness (QED) is 0.163. The minimum atomic E-state index is -0.901. The summed E-state index contributed by atoms with van der Waals surface area (Å²) in [5, 5.41) is 9.82. The van der Waals surface area contributed by atoms with Crippen molar-refractivity contribution >= 4 is 17.9 Å². The Morgan fingerprint density at radius 3 is 1.90 bits per heavy atom. The maximum absolute atomic E-state index is 12.6. The summed E-state index contributed by atoms with van der Waals surface area (Å²) in [7, 11) is 1.73. The number of carboxylic acids is 1. The van der Waals surface area contributed by atoms with Crippen molar-refractivity contribution in [3.8, 4) is 16.9 Å². The molecule has 2 N–H and O–H groups in total. The summed E-state index contributed by atoms with van der Waals surface area (Å²) in [5.41, 5.74) is 3.32. The third-order valence-electron chi connectivity index (χ3n) is 5.81. The maximum atomic E-state index is 12.6. The van der Waals surface area contributed by atoms with Crippen LogP contribution in [-0.2, 0) is 4.79 Å². The van der Waals surface area contributed by atoms with Gasteiger partial charge >= 0.3 is 5.97 Å². The van der Waals surface area contributed by atoms with Gasteiger partial charge in [-0.2, -0.15) is 0 Å². The van der Waals surface area contributed by atoms with Gasteiger partial charge in [-0.05, 0) is 72.1 Å². The molecule has 218 valence electrons. The number of rotatable bonds is 13. The van der Waals surface area contributed by atoms with Crippen LogP contribution in [-0.4, -0.2) is 31.0 Å². The van der Waals surface area contributed by atoms with E-state index in [0.717, 1.165) is 48.0 Å². The third-order valence-corrected chi connectivity index (χ3v) is 5.81. The first-order chi connectivity index (χ1) is 19.2. The fourth-order valence-electron chi connectivity index (χ4n) is 3.68. The van der Waals surface area contributed by atoms with Crippen LogP contribution in [0.25, 0.3) is 11.1 Å². The molecule has 40 heavy (non-hydrogen) atoms. The lowest BCUT2D eigenvalue weighted by molar-refractivity contribution is -0.136. The number of carbonyl (C=O) groups is 2. The van der Waals surface area contributed by atoms with E-state index >= 15 is 0 Å². The van der Waals surface area contributed by atoms with Gasteiger partial charge in [0.15, 0.2) is 0 Å². The van der Waals surface area contributed by atoms with E-state index in [-0.39, 0.29) is 18.2 Å². The fourth-order valence-corrected chi connectivity index (χ4v) is 3.68. The zero-order valence-electron chi connectivity index (χ0n) is 24.1. The van der Waals surface area contributed by atoms with E-state index < -0.39 is 11.3 Å². The Labute approximate surface area is 236 Å². The lowest BCUT2D eigenvalue weighted by Crippen LogP contribution is -2.11. The first-order valence-electron chi connectivity index (χ1n) is 13.6. The highest BCUT2D eigenvalue weighted by Gasteiger charge is 2.14. The molecule has 6 nitrogen and oxygen atoms in total. The summed E-state index contributed by atoms with van der Waals surface area (Å²) in [4.78, 5) is 20.7. The Morgan fingerprint density at radius 2 is 1.48 bits per heavy atom. The summed E-state index contributed by atoms with van der Waals surface area (Å²) in [6.07, 6.45) is 3.98. The molecule has 0 heterocycles. The Morgan fingerprint density at radius 1 is 0.925 bits per heavy atom. The number of hydrogen-bond acceptors (Lipinski definition) is 5. The predicted molar refractivity (Wildman–Crippen MR) is 158 cm³/mol. The molecule has 1 atom stereocenters. The van der Waals surface area contributed by atoms with Gasteiger partial charge in [-0.25, -0.2) is 0 Å². The van der Waals surface area contributed by atoms with Gasteiger partial charge in [-0.1, -0.05) is 91.6 Å². The van der Waals surface area contributed by atoms with Crippen molar-refractivity contribution in [3.05, 3.63) is 83.9 Å². The van der Waals surface area contributed by atoms with E-state index in [4.69, 9.17) is 9.84 Å². The number of hydrogen-bond donors (Lipinski definition) is 2. The molecule has 0 aliphatic rings. The van der Waals surface area contributed by atoms with E-state index in [0.29, 0.717) is 18.0 Å². The number of anilines is 1. The van der Waals surface area contributed by atoms with Gasteiger partial charge in [-0.3, -0.25) is 9.59 Å². The molecule has 0 aromatic heterocycles. The van der Waals surface area contributed by atoms with Gasteiger partial charge < -0.3 is 15.2 Å². The second-order valence-electron chi connectivity index (χ2n) is 9.27. The first kappa shape index (κ1) is 34.2.